The van der Waals surface area contributed by atoms with Crippen molar-refractivity contribution < 1.29 is 31.5 Å². The van der Waals surface area contributed by atoms with E-state index in [9.17, 15) is 26.4 Å². The van der Waals surface area contributed by atoms with Gasteiger partial charge < -0.3 is 10.0 Å². The number of carbonyl (C=O) groups excluding carboxylic acids is 1. The molecule has 32 heavy (non-hydrogen) atoms. The van der Waals surface area contributed by atoms with Crippen molar-refractivity contribution in [1.29, 1.82) is 0 Å². The first-order valence-electron chi connectivity index (χ1n) is 9.77. The highest BCUT2D eigenvalue weighted by atomic mass is 32.2. The van der Waals surface area contributed by atoms with E-state index in [0.29, 0.717) is 23.4 Å². The number of amides is 1. The van der Waals surface area contributed by atoms with Gasteiger partial charge in [0, 0.05) is 25.2 Å². The number of anilines is 2. The van der Waals surface area contributed by atoms with Crippen LogP contribution in [-0.4, -0.2) is 54.0 Å². The summed E-state index contributed by atoms with van der Waals surface area (Å²) in [5, 5.41) is 9.12. The first-order chi connectivity index (χ1) is 15.0. The quantitative estimate of drug-likeness (QED) is 0.624. The summed E-state index contributed by atoms with van der Waals surface area (Å²) in [5.74, 6) is -2.16. The molecule has 2 heterocycles. The molecule has 0 bridgehead atoms. The van der Waals surface area contributed by atoms with Gasteiger partial charge in [0.15, 0.2) is 0 Å². The molecule has 0 saturated carbocycles. The van der Waals surface area contributed by atoms with Gasteiger partial charge in [-0.25, -0.2) is 21.6 Å². The number of nitrogens with one attached hydrogen (secondary N) is 1. The molecular formula is C20H21N3O7S2. The Morgan fingerprint density at radius 3 is 2.31 bits per heavy atom. The second-order valence-corrected chi connectivity index (χ2v) is 11.3. The Morgan fingerprint density at radius 2 is 1.72 bits per heavy atom. The van der Waals surface area contributed by atoms with Gasteiger partial charge in [0.25, 0.3) is 10.0 Å². The maximum Gasteiger partial charge on any atom is 0.308 e. The average molecular weight is 480 g/mol. The molecule has 0 radical (unpaired) electrons. The largest absolute Gasteiger partial charge is 0.481 e. The minimum Gasteiger partial charge on any atom is -0.481 e. The van der Waals surface area contributed by atoms with Gasteiger partial charge in [-0.05, 0) is 61.5 Å². The monoisotopic (exact) mass is 479 g/mol. The summed E-state index contributed by atoms with van der Waals surface area (Å²) >= 11 is 0. The van der Waals surface area contributed by atoms with Crippen LogP contribution in [0.2, 0.25) is 0 Å². The molecule has 1 saturated heterocycles. The van der Waals surface area contributed by atoms with E-state index in [4.69, 9.17) is 5.11 Å². The zero-order valence-corrected chi connectivity index (χ0v) is 18.7. The second kappa shape index (κ2) is 7.87. The molecule has 4 rings (SSSR count). The lowest BCUT2D eigenvalue weighted by Crippen LogP contribution is -2.29. The number of benzene rings is 2. The summed E-state index contributed by atoms with van der Waals surface area (Å²) in [6, 6.07) is 10.0. The minimum atomic E-state index is -3.91. The number of carboxylic acids is 1. The molecule has 2 aliphatic rings. The molecule has 2 aliphatic heterocycles. The third-order valence-electron chi connectivity index (χ3n) is 5.69. The van der Waals surface area contributed by atoms with E-state index in [1.54, 1.807) is 0 Å². The number of sulfonamides is 2. The SMILES string of the molecule is CNS(=O)(=O)c1ccc2c(c1)CCN2S(=O)(=O)c1ccc(N2CC(C(=O)O)CC2=O)cc1. The molecule has 2 N–H and O–H groups in total. The zero-order chi connectivity index (χ0) is 23.3. The molecule has 170 valence electrons. The third-order valence-corrected chi connectivity index (χ3v) is 8.93. The molecule has 2 aromatic carbocycles. The number of carbonyl (C=O) groups is 2. The number of rotatable bonds is 6. The van der Waals surface area contributed by atoms with E-state index in [0.717, 1.165) is 0 Å². The number of fused-ring (bicyclic) bond motifs is 1. The van der Waals surface area contributed by atoms with Crippen LogP contribution >= 0.6 is 0 Å². The van der Waals surface area contributed by atoms with Gasteiger partial charge in [-0.3, -0.25) is 13.9 Å². The van der Waals surface area contributed by atoms with Crippen LogP contribution in [0.15, 0.2) is 52.3 Å². The number of carboxylic acid groups (broad SMARTS) is 1. The predicted molar refractivity (Wildman–Crippen MR) is 115 cm³/mol. The highest BCUT2D eigenvalue weighted by molar-refractivity contribution is 7.92. The molecule has 0 aliphatic carbocycles. The van der Waals surface area contributed by atoms with Crippen molar-refractivity contribution in [2.45, 2.75) is 22.6 Å². The molecule has 0 spiro atoms. The standard InChI is InChI=1S/C20H21N3O7S2/c1-21-31(27,28)17-6-7-18-13(10-17)8-9-23(18)32(29,30)16-4-2-15(3-5-16)22-12-14(20(25)26)11-19(22)24/h2-7,10,14,21H,8-9,11-12H2,1H3,(H,25,26). The van der Waals surface area contributed by atoms with Crippen LogP contribution in [0.3, 0.4) is 0 Å². The number of hydrogen-bond acceptors (Lipinski definition) is 6. The summed E-state index contributed by atoms with van der Waals surface area (Å²) in [4.78, 5) is 24.7. The van der Waals surface area contributed by atoms with Gasteiger partial charge in [-0.2, -0.15) is 0 Å². The highest BCUT2D eigenvalue weighted by Crippen LogP contribution is 2.35. The Hall–Kier alpha value is -2.96. The van der Waals surface area contributed by atoms with Gasteiger partial charge >= 0.3 is 5.97 Å². The van der Waals surface area contributed by atoms with Gasteiger partial charge in [0.2, 0.25) is 15.9 Å². The highest BCUT2D eigenvalue weighted by Gasteiger charge is 2.36. The van der Waals surface area contributed by atoms with Crippen LogP contribution < -0.4 is 13.9 Å². The molecule has 12 heteroatoms. The topological polar surface area (TPSA) is 141 Å². The predicted octanol–water partition coefficient (Wildman–Crippen LogP) is 0.784. The van der Waals surface area contributed by atoms with Gasteiger partial charge in [0.05, 0.1) is 21.4 Å². The lowest BCUT2D eigenvalue weighted by Gasteiger charge is -2.21. The summed E-state index contributed by atoms with van der Waals surface area (Å²) in [6.07, 6.45) is 0.282. The van der Waals surface area contributed by atoms with Crippen LogP contribution in [0.4, 0.5) is 11.4 Å². The third kappa shape index (κ3) is 3.74. The molecule has 1 fully saturated rings. The Labute approximate surface area is 185 Å². The zero-order valence-electron chi connectivity index (χ0n) is 17.1. The van der Waals surface area contributed by atoms with Crippen LogP contribution in [0, 0.1) is 5.92 Å². The van der Waals surface area contributed by atoms with Crippen molar-refractivity contribution in [2.75, 3.05) is 29.3 Å². The van der Waals surface area contributed by atoms with Gasteiger partial charge in [-0.1, -0.05) is 0 Å². The van der Waals surface area contributed by atoms with E-state index in [1.807, 2.05) is 0 Å². The minimum absolute atomic E-state index is 0.0162. The molecular weight excluding hydrogens is 458 g/mol. The maximum absolute atomic E-state index is 13.2. The van der Waals surface area contributed by atoms with E-state index in [2.05, 4.69) is 4.72 Å². The van der Waals surface area contributed by atoms with Gasteiger partial charge in [-0.15, -0.1) is 0 Å². The van der Waals surface area contributed by atoms with Crippen LogP contribution in [-0.2, 0) is 36.1 Å². The summed E-state index contributed by atoms with van der Waals surface area (Å²) in [7, 11) is -6.25. The molecule has 1 unspecified atom stereocenters. The Bertz CT molecular complexity index is 1310. The van der Waals surface area contributed by atoms with Gasteiger partial charge in [0.1, 0.15) is 0 Å². The summed E-state index contributed by atoms with van der Waals surface area (Å²) < 4.78 is 53.9. The van der Waals surface area contributed by atoms with Crippen LogP contribution in [0.5, 0.6) is 0 Å². The smallest absolute Gasteiger partial charge is 0.308 e. The first-order valence-corrected chi connectivity index (χ1v) is 12.7. The van der Waals surface area contributed by atoms with Crippen molar-refractivity contribution in [3.63, 3.8) is 0 Å². The molecule has 2 aromatic rings. The van der Waals surface area contributed by atoms with Crippen molar-refractivity contribution in [3.8, 4) is 0 Å². The Balaban J connectivity index is 1.59. The Kier molecular flexibility index (Phi) is 5.47. The van der Waals surface area contributed by atoms with Crippen molar-refractivity contribution in [2.24, 2.45) is 5.92 Å². The average Bonchev–Trinajstić information content (AvgIpc) is 3.37. The fraction of sp³-hybridized carbons (Fsp3) is 0.300. The van der Waals surface area contributed by atoms with Crippen molar-refractivity contribution in [1.82, 2.24) is 4.72 Å². The Morgan fingerprint density at radius 1 is 1.06 bits per heavy atom. The molecule has 1 atom stereocenters. The molecule has 1 amide bonds. The number of nitrogens with zero attached hydrogens (tertiary/aromatic N) is 2. The van der Waals surface area contributed by atoms with Crippen LogP contribution in [0.25, 0.3) is 0 Å². The van der Waals surface area contributed by atoms with E-state index in [1.165, 1.54) is 58.7 Å². The van der Waals surface area contributed by atoms with E-state index >= 15 is 0 Å². The molecule has 0 aromatic heterocycles. The molecule has 10 nitrogen and oxygen atoms in total. The fourth-order valence-corrected chi connectivity index (χ4v) is 6.21. The second-order valence-electron chi connectivity index (χ2n) is 7.56. The lowest BCUT2D eigenvalue weighted by molar-refractivity contribution is -0.141. The lowest BCUT2D eigenvalue weighted by atomic mass is 10.1. The number of hydrogen-bond donors (Lipinski definition) is 2. The summed E-state index contributed by atoms with van der Waals surface area (Å²) in [5.41, 5.74) is 1.47. The van der Waals surface area contributed by atoms with Crippen molar-refractivity contribution in [3.05, 3.63) is 48.0 Å². The van der Waals surface area contributed by atoms with E-state index in [-0.39, 0.29) is 35.2 Å². The fourth-order valence-electron chi connectivity index (χ4n) is 3.93. The van der Waals surface area contributed by atoms with Crippen molar-refractivity contribution >= 4 is 43.3 Å². The number of aliphatic carboxylic acids is 1. The normalized spacial score (nSPS) is 18.8. The maximum atomic E-state index is 13.2. The van der Waals surface area contributed by atoms with Crippen LogP contribution in [0.1, 0.15) is 12.0 Å². The first kappa shape index (κ1) is 22.2. The summed E-state index contributed by atoms with van der Waals surface area (Å²) in [6.45, 7) is 0.213. The van der Waals surface area contributed by atoms with E-state index < -0.39 is 31.9 Å².